The van der Waals surface area contributed by atoms with E-state index < -0.39 is 6.03 Å². The number of urea groups is 1. The minimum absolute atomic E-state index is 0.248. The van der Waals surface area contributed by atoms with E-state index in [0.717, 1.165) is 24.1 Å². The lowest BCUT2D eigenvalue weighted by Gasteiger charge is -2.21. The van der Waals surface area contributed by atoms with Gasteiger partial charge in [0.15, 0.2) is 0 Å². The van der Waals surface area contributed by atoms with Crippen LogP contribution in [0.4, 0.5) is 10.6 Å². The molecule has 3 aromatic rings. The number of nitrogens with one attached hydrogen (secondary N) is 2. The molecule has 0 aliphatic carbocycles. The lowest BCUT2D eigenvalue weighted by Crippen LogP contribution is -2.36. The largest absolute Gasteiger partial charge is 0.456 e. The van der Waals surface area contributed by atoms with Crippen molar-refractivity contribution >= 4 is 17.8 Å². The molecule has 1 fully saturated rings. The molecule has 0 saturated carbocycles. The maximum Gasteiger partial charge on any atom is 0.327 e. The van der Waals surface area contributed by atoms with E-state index in [-0.39, 0.29) is 11.8 Å². The monoisotopic (exact) mass is 436 g/mol. The van der Waals surface area contributed by atoms with Gasteiger partial charge >= 0.3 is 6.03 Å². The van der Waals surface area contributed by atoms with Gasteiger partial charge in [0, 0.05) is 50.7 Å². The molecule has 1 aliphatic heterocycles. The predicted molar refractivity (Wildman–Crippen MR) is 116 cm³/mol. The third kappa shape index (κ3) is 5.88. The van der Waals surface area contributed by atoms with Gasteiger partial charge in [-0.25, -0.2) is 9.78 Å². The van der Waals surface area contributed by atoms with Crippen molar-refractivity contribution in [2.45, 2.75) is 19.3 Å². The Kier molecular flexibility index (Phi) is 6.71. The van der Waals surface area contributed by atoms with Crippen LogP contribution in [0.3, 0.4) is 0 Å². The van der Waals surface area contributed by atoms with Gasteiger partial charge in [0.2, 0.25) is 5.91 Å². The van der Waals surface area contributed by atoms with Crippen LogP contribution in [0.1, 0.15) is 19.3 Å². The van der Waals surface area contributed by atoms with Crippen LogP contribution in [0.15, 0.2) is 49.1 Å². The van der Waals surface area contributed by atoms with Gasteiger partial charge in [0.1, 0.15) is 17.3 Å². The number of rotatable bonds is 6. The summed E-state index contributed by atoms with van der Waals surface area (Å²) in [6, 6.07) is 6.21. The van der Waals surface area contributed by atoms with Crippen molar-refractivity contribution in [3.63, 3.8) is 0 Å². The summed E-state index contributed by atoms with van der Waals surface area (Å²) in [5, 5.41) is 9.04. The van der Waals surface area contributed by atoms with Gasteiger partial charge in [0.25, 0.3) is 0 Å². The Hall–Kier alpha value is -3.79. The first-order valence-corrected chi connectivity index (χ1v) is 10.3. The number of amides is 3. The second-order valence-electron chi connectivity index (χ2n) is 7.52. The number of pyridine rings is 2. The molecule has 0 bridgehead atoms. The third-order valence-corrected chi connectivity index (χ3v) is 5.01. The van der Waals surface area contributed by atoms with Crippen molar-refractivity contribution in [1.82, 2.24) is 25.1 Å². The molecule has 0 radical (unpaired) electrons. The molecule has 166 valence electrons. The van der Waals surface area contributed by atoms with E-state index in [1.165, 1.54) is 6.20 Å². The highest BCUT2D eigenvalue weighted by Gasteiger charge is 2.18. The Bertz CT molecular complexity index is 1080. The smallest absolute Gasteiger partial charge is 0.327 e. The molecule has 0 aromatic carbocycles. The summed E-state index contributed by atoms with van der Waals surface area (Å²) < 4.78 is 12.8. The van der Waals surface area contributed by atoms with Crippen LogP contribution in [-0.2, 0) is 16.6 Å². The van der Waals surface area contributed by atoms with Gasteiger partial charge in [-0.2, -0.15) is 5.10 Å². The minimum atomic E-state index is -0.613. The first-order valence-electron chi connectivity index (χ1n) is 10.3. The predicted octanol–water partition coefficient (Wildman–Crippen LogP) is 3.13. The number of ether oxygens (including phenoxy) is 2. The van der Waals surface area contributed by atoms with E-state index in [0.29, 0.717) is 37.0 Å². The Morgan fingerprint density at radius 1 is 1.16 bits per heavy atom. The van der Waals surface area contributed by atoms with Crippen molar-refractivity contribution in [3.8, 4) is 22.8 Å². The maximum atomic E-state index is 12.1. The zero-order valence-corrected chi connectivity index (χ0v) is 17.7. The van der Waals surface area contributed by atoms with Crippen LogP contribution in [0.2, 0.25) is 0 Å². The highest BCUT2D eigenvalue weighted by molar-refractivity contribution is 6.00. The number of hydrogen-bond donors (Lipinski definition) is 2. The maximum absolute atomic E-state index is 12.1. The van der Waals surface area contributed by atoms with Gasteiger partial charge in [0.05, 0.1) is 18.1 Å². The van der Waals surface area contributed by atoms with E-state index in [1.54, 1.807) is 41.3 Å². The summed E-state index contributed by atoms with van der Waals surface area (Å²) in [6.45, 7) is 1.32. The molecular weight excluding hydrogens is 412 g/mol. The van der Waals surface area contributed by atoms with E-state index in [9.17, 15) is 9.59 Å². The zero-order chi connectivity index (χ0) is 22.3. The molecule has 10 nitrogen and oxygen atoms in total. The number of carbonyl (C=O) groups is 2. The first-order chi connectivity index (χ1) is 15.5. The van der Waals surface area contributed by atoms with Crippen LogP contribution in [0.5, 0.6) is 11.5 Å². The fourth-order valence-electron chi connectivity index (χ4n) is 3.37. The topological polar surface area (TPSA) is 120 Å². The Balaban J connectivity index is 1.29. The number of hydrogen-bond acceptors (Lipinski definition) is 7. The average molecular weight is 436 g/mol. The van der Waals surface area contributed by atoms with Crippen LogP contribution in [-0.4, -0.2) is 44.9 Å². The summed E-state index contributed by atoms with van der Waals surface area (Å²) in [7, 11) is 1.84. The fraction of sp³-hybridized carbons (Fsp3) is 0.318. The number of carbonyl (C=O) groups excluding carboxylic acids is 2. The van der Waals surface area contributed by atoms with Crippen molar-refractivity contribution in [1.29, 1.82) is 0 Å². The Labute approximate surface area is 185 Å². The van der Waals surface area contributed by atoms with Crippen LogP contribution in [0.25, 0.3) is 11.3 Å². The van der Waals surface area contributed by atoms with E-state index in [2.05, 4.69) is 25.7 Å². The highest BCUT2D eigenvalue weighted by Crippen LogP contribution is 2.25. The molecule has 0 atom stereocenters. The molecule has 0 unspecified atom stereocenters. The molecular formula is C22H24N6O4. The zero-order valence-electron chi connectivity index (χ0n) is 17.7. The van der Waals surface area contributed by atoms with Gasteiger partial charge in [-0.05, 0) is 37.0 Å². The van der Waals surface area contributed by atoms with Gasteiger partial charge < -0.3 is 9.47 Å². The SMILES string of the molecule is Cn1cc(-c2cc(Oc3ccc(NC(=O)NC(=O)CC4CCOCC4)nc3)ccn2)cn1. The molecule has 1 saturated heterocycles. The van der Waals surface area contributed by atoms with Gasteiger partial charge in [-0.3, -0.25) is 25.1 Å². The van der Waals surface area contributed by atoms with Crippen molar-refractivity contribution < 1.29 is 19.1 Å². The van der Waals surface area contributed by atoms with Gasteiger partial charge in [-0.1, -0.05) is 0 Å². The standard InChI is InChI=1S/C22H24N6O4/c1-28-14-16(12-25-28)19-11-17(4-7-23-19)32-18-2-3-20(24-13-18)26-22(30)27-21(29)10-15-5-8-31-9-6-15/h2-4,7,11-15H,5-6,8-10H2,1H3,(H2,24,26,27,29,30). The molecule has 1 aliphatic rings. The molecule has 32 heavy (non-hydrogen) atoms. The number of aryl methyl sites for hydroxylation is 1. The summed E-state index contributed by atoms with van der Waals surface area (Å²) in [6.07, 6.45) is 8.72. The van der Waals surface area contributed by atoms with Crippen LogP contribution in [0, 0.1) is 5.92 Å². The van der Waals surface area contributed by atoms with Crippen molar-refractivity contribution in [3.05, 3.63) is 49.1 Å². The average Bonchev–Trinajstić information content (AvgIpc) is 3.22. The van der Waals surface area contributed by atoms with E-state index in [4.69, 9.17) is 9.47 Å². The van der Waals surface area contributed by atoms with E-state index >= 15 is 0 Å². The molecule has 4 heterocycles. The minimum Gasteiger partial charge on any atom is -0.456 e. The Morgan fingerprint density at radius 2 is 2.00 bits per heavy atom. The lowest BCUT2D eigenvalue weighted by atomic mass is 9.96. The van der Waals surface area contributed by atoms with E-state index in [1.807, 2.05) is 13.2 Å². The van der Waals surface area contributed by atoms with Crippen molar-refractivity contribution in [2.24, 2.45) is 13.0 Å². The van der Waals surface area contributed by atoms with Crippen molar-refractivity contribution in [2.75, 3.05) is 18.5 Å². The number of anilines is 1. The molecule has 3 aromatic heterocycles. The first kappa shape index (κ1) is 21.4. The summed E-state index contributed by atoms with van der Waals surface area (Å²) in [5.41, 5.74) is 1.62. The molecule has 0 spiro atoms. The summed E-state index contributed by atoms with van der Waals surface area (Å²) in [5.74, 6) is 1.33. The number of imide groups is 1. The molecule has 2 N–H and O–H groups in total. The van der Waals surface area contributed by atoms with Crippen LogP contribution >= 0.6 is 0 Å². The number of aromatic nitrogens is 4. The quantitative estimate of drug-likeness (QED) is 0.609. The number of nitrogens with zero attached hydrogens (tertiary/aromatic N) is 4. The summed E-state index contributed by atoms with van der Waals surface area (Å²) >= 11 is 0. The lowest BCUT2D eigenvalue weighted by molar-refractivity contribution is -0.121. The Morgan fingerprint density at radius 3 is 2.72 bits per heavy atom. The van der Waals surface area contributed by atoms with Crippen LogP contribution < -0.4 is 15.4 Å². The highest BCUT2D eigenvalue weighted by atomic mass is 16.5. The normalized spacial score (nSPS) is 14.0. The third-order valence-electron chi connectivity index (χ3n) is 5.01. The second kappa shape index (κ2) is 10.0. The molecule has 3 amide bonds. The van der Waals surface area contributed by atoms with Gasteiger partial charge in [-0.15, -0.1) is 0 Å². The molecule has 4 rings (SSSR count). The second-order valence-corrected chi connectivity index (χ2v) is 7.52. The fourth-order valence-corrected chi connectivity index (χ4v) is 3.37. The molecule has 10 heteroatoms. The summed E-state index contributed by atoms with van der Waals surface area (Å²) in [4.78, 5) is 32.6.